The van der Waals surface area contributed by atoms with E-state index >= 15 is 0 Å². The standard InChI is InChI=1S/C16H15NO4/c1-17(2)16(19)12-5-11(6-13(18)7-12)10-3-4-14-15(8-10)21-9-20-14/h3-8,18H,9H2,1-2H3. The highest BCUT2D eigenvalue weighted by Gasteiger charge is 2.16. The fourth-order valence-corrected chi connectivity index (χ4v) is 2.24. The average molecular weight is 285 g/mol. The van der Waals surface area contributed by atoms with Crippen LogP contribution >= 0.6 is 0 Å². The van der Waals surface area contributed by atoms with Crippen molar-refractivity contribution >= 4 is 5.91 Å². The molecule has 0 aromatic heterocycles. The van der Waals surface area contributed by atoms with Crippen LogP contribution in [0.15, 0.2) is 36.4 Å². The van der Waals surface area contributed by atoms with Crippen molar-refractivity contribution in [3.8, 4) is 28.4 Å². The van der Waals surface area contributed by atoms with Gasteiger partial charge in [0.1, 0.15) is 5.75 Å². The van der Waals surface area contributed by atoms with Crippen molar-refractivity contribution in [1.29, 1.82) is 0 Å². The largest absolute Gasteiger partial charge is 0.508 e. The van der Waals surface area contributed by atoms with Crippen molar-refractivity contribution < 1.29 is 19.4 Å². The van der Waals surface area contributed by atoms with Crippen LogP contribution in [0.1, 0.15) is 10.4 Å². The monoisotopic (exact) mass is 285 g/mol. The predicted molar refractivity (Wildman–Crippen MR) is 77.7 cm³/mol. The maximum Gasteiger partial charge on any atom is 0.253 e. The van der Waals surface area contributed by atoms with Crippen LogP contribution in [0.4, 0.5) is 0 Å². The number of carbonyl (C=O) groups is 1. The fraction of sp³-hybridized carbons (Fsp3) is 0.188. The normalized spacial score (nSPS) is 12.3. The van der Waals surface area contributed by atoms with Crippen molar-refractivity contribution in [2.75, 3.05) is 20.9 Å². The van der Waals surface area contributed by atoms with Crippen molar-refractivity contribution in [3.05, 3.63) is 42.0 Å². The van der Waals surface area contributed by atoms with Gasteiger partial charge in [0.25, 0.3) is 5.91 Å². The Hall–Kier alpha value is -2.69. The highest BCUT2D eigenvalue weighted by Crippen LogP contribution is 2.36. The van der Waals surface area contributed by atoms with E-state index in [0.717, 1.165) is 11.1 Å². The van der Waals surface area contributed by atoms with Gasteiger partial charge in [-0.05, 0) is 41.5 Å². The van der Waals surface area contributed by atoms with Gasteiger partial charge in [-0.2, -0.15) is 0 Å². The number of hydrogen-bond acceptors (Lipinski definition) is 4. The first-order chi connectivity index (χ1) is 10.0. The predicted octanol–water partition coefficient (Wildman–Crippen LogP) is 2.49. The molecule has 0 bridgehead atoms. The molecule has 0 spiro atoms. The number of aromatic hydroxyl groups is 1. The van der Waals surface area contributed by atoms with Gasteiger partial charge in [-0.15, -0.1) is 0 Å². The van der Waals surface area contributed by atoms with E-state index in [0.29, 0.717) is 17.1 Å². The minimum Gasteiger partial charge on any atom is -0.508 e. The zero-order valence-corrected chi connectivity index (χ0v) is 11.8. The molecule has 21 heavy (non-hydrogen) atoms. The van der Waals surface area contributed by atoms with Gasteiger partial charge < -0.3 is 19.5 Å². The van der Waals surface area contributed by atoms with Gasteiger partial charge in [-0.25, -0.2) is 0 Å². The van der Waals surface area contributed by atoms with Crippen LogP contribution in [-0.4, -0.2) is 36.8 Å². The molecule has 5 heteroatoms. The van der Waals surface area contributed by atoms with E-state index in [2.05, 4.69) is 0 Å². The van der Waals surface area contributed by atoms with E-state index in [-0.39, 0.29) is 18.4 Å². The smallest absolute Gasteiger partial charge is 0.253 e. The first-order valence-electron chi connectivity index (χ1n) is 6.50. The lowest BCUT2D eigenvalue weighted by Crippen LogP contribution is -2.21. The summed E-state index contributed by atoms with van der Waals surface area (Å²) in [5.41, 5.74) is 2.04. The first-order valence-corrected chi connectivity index (χ1v) is 6.50. The molecule has 1 N–H and O–H groups in total. The number of fused-ring (bicyclic) bond motifs is 1. The van der Waals surface area contributed by atoms with Crippen LogP contribution < -0.4 is 9.47 Å². The summed E-state index contributed by atoms with van der Waals surface area (Å²) in [6, 6.07) is 10.3. The Labute approximate surface area is 122 Å². The quantitative estimate of drug-likeness (QED) is 0.921. The fourth-order valence-electron chi connectivity index (χ4n) is 2.24. The molecule has 1 heterocycles. The van der Waals surface area contributed by atoms with E-state index in [4.69, 9.17) is 9.47 Å². The van der Waals surface area contributed by atoms with Gasteiger partial charge in [0.2, 0.25) is 6.79 Å². The van der Waals surface area contributed by atoms with Crippen LogP contribution in [0.3, 0.4) is 0 Å². The van der Waals surface area contributed by atoms with E-state index < -0.39 is 0 Å². The van der Waals surface area contributed by atoms with Crippen molar-refractivity contribution in [2.45, 2.75) is 0 Å². The van der Waals surface area contributed by atoms with Crippen LogP contribution in [0.5, 0.6) is 17.2 Å². The Morgan fingerprint density at radius 2 is 1.81 bits per heavy atom. The summed E-state index contributed by atoms with van der Waals surface area (Å²) in [6.07, 6.45) is 0. The molecular weight excluding hydrogens is 270 g/mol. The van der Waals surface area contributed by atoms with Crippen LogP contribution in [0, 0.1) is 0 Å². The van der Waals surface area contributed by atoms with E-state index in [1.165, 1.54) is 11.0 Å². The topological polar surface area (TPSA) is 59.0 Å². The second kappa shape index (κ2) is 5.01. The second-order valence-corrected chi connectivity index (χ2v) is 5.04. The van der Waals surface area contributed by atoms with Gasteiger partial charge in [0, 0.05) is 19.7 Å². The summed E-state index contributed by atoms with van der Waals surface area (Å²) in [5.74, 6) is 1.25. The highest BCUT2D eigenvalue weighted by atomic mass is 16.7. The number of nitrogens with zero attached hydrogens (tertiary/aromatic N) is 1. The minimum absolute atomic E-state index is 0.0513. The molecule has 0 saturated heterocycles. The molecular formula is C16H15NO4. The van der Waals surface area contributed by atoms with Gasteiger partial charge in [0.05, 0.1) is 0 Å². The van der Waals surface area contributed by atoms with E-state index in [1.54, 1.807) is 26.2 Å². The van der Waals surface area contributed by atoms with E-state index in [9.17, 15) is 9.90 Å². The zero-order valence-electron chi connectivity index (χ0n) is 11.8. The number of ether oxygens (including phenoxy) is 2. The molecule has 1 aliphatic rings. The molecule has 2 aromatic carbocycles. The number of carbonyl (C=O) groups excluding carboxylic acids is 1. The Kier molecular flexibility index (Phi) is 3.17. The van der Waals surface area contributed by atoms with Crippen molar-refractivity contribution in [2.24, 2.45) is 0 Å². The maximum absolute atomic E-state index is 12.0. The Balaban J connectivity index is 2.04. The maximum atomic E-state index is 12.0. The van der Waals surface area contributed by atoms with Crippen LogP contribution in [-0.2, 0) is 0 Å². The second-order valence-electron chi connectivity index (χ2n) is 5.04. The third-order valence-corrected chi connectivity index (χ3v) is 3.28. The number of hydrogen-bond donors (Lipinski definition) is 1. The SMILES string of the molecule is CN(C)C(=O)c1cc(O)cc(-c2ccc3c(c2)OCO3)c1. The lowest BCUT2D eigenvalue weighted by Gasteiger charge is -2.12. The summed E-state index contributed by atoms with van der Waals surface area (Å²) < 4.78 is 10.6. The van der Waals surface area contributed by atoms with Crippen LogP contribution in [0.25, 0.3) is 11.1 Å². The summed E-state index contributed by atoms with van der Waals surface area (Å²) in [4.78, 5) is 13.5. The number of benzene rings is 2. The number of amides is 1. The summed E-state index contributed by atoms with van der Waals surface area (Å²) >= 11 is 0. The van der Waals surface area contributed by atoms with Gasteiger partial charge in [-0.1, -0.05) is 6.07 Å². The van der Waals surface area contributed by atoms with Gasteiger partial charge >= 0.3 is 0 Å². The molecule has 0 fully saturated rings. The van der Waals surface area contributed by atoms with Gasteiger partial charge in [0.15, 0.2) is 11.5 Å². The molecule has 0 aliphatic carbocycles. The summed E-state index contributed by atoms with van der Waals surface area (Å²) in [7, 11) is 3.35. The Morgan fingerprint density at radius 1 is 1.05 bits per heavy atom. The molecule has 0 saturated carbocycles. The lowest BCUT2D eigenvalue weighted by molar-refractivity contribution is 0.0827. The first kappa shape index (κ1) is 13.3. The number of phenolic OH excluding ortho intramolecular Hbond substituents is 1. The minimum atomic E-state index is -0.159. The number of rotatable bonds is 2. The zero-order chi connectivity index (χ0) is 15.0. The molecule has 1 amide bonds. The van der Waals surface area contributed by atoms with Crippen LogP contribution in [0.2, 0.25) is 0 Å². The molecule has 108 valence electrons. The summed E-state index contributed by atoms with van der Waals surface area (Å²) in [6.45, 7) is 0.211. The van der Waals surface area contributed by atoms with Crippen molar-refractivity contribution in [1.82, 2.24) is 4.90 Å². The molecule has 0 radical (unpaired) electrons. The van der Waals surface area contributed by atoms with E-state index in [1.807, 2.05) is 18.2 Å². The third-order valence-electron chi connectivity index (χ3n) is 3.28. The summed E-state index contributed by atoms with van der Waals surface area (Å²) in [5, 5.41) is 9.85. The Bertz CT molecular complexity index is 709. The molecule has 1 aliphatic heterocycles. The highest BCUT2D eigenvalue weighted by molar-refractivity contribution is 5.95. The van der Waals surface area contributed by atoms with Gasteiger partial charge in [-0.3, -0.25) is 4.79 Å². The molecule has 3 rings (SSSR count). The number of phenols is 1. The molecule has 0 unspecified atom stereocenters. The molecule has 2 aromatic rings. The van der Waals surface area contributed by atoms with Crippen molar-refractivity contribution in [3.63, 3.8) is 0 Å². The molecule has 0 atom stereocenters. The third kappa shape index (κ3) is 2.50. The molecule has 5 nitrogen and oxygen atoms in total. The average Bonchev–Trinajstić information content (AvgIpc) is 2.93. The Morgan fingerprint density at radius 3 is 2.57 bits per heavy atom. The lowest BCUT2D eigenvalue weighted by atomic mass is 10.0.